The molecule has 104 valence electrons. The fourth-order valence-electron chi connectivity index (χ4n) is 2.99. The lowest BCUT2D eigenvalue weighted by Crippen LogP contribution is -2.42. The van der Waals surface area contributed by atoms with E-state index in [2.05, 4.69) is 17.1 Å². The summed E-state index contributed by atoms with van der Waals surface area (Å²) in [5, 5.41) is 3.09. The minimum Gasteiger partial charge on any atom is -0.379 e. The molecule has 1 aliphatic carbocycles. The van der Waals surface area contributed by atoms with Crippen molar-refractivity contribution in [1.29, 1.82) is 0 Å². The van der Waals surface area contributed by atoms with Crippen LogP contribution in [0.1, 0.15) is 32.6 Å². The van der Waals surface area contributed by atoms with Gasteiger partial charge in [-0.05, 0) is 18.8 Å². The lowest BCUT2D eigenvalue weighted by molar-refractivity contribution is -0.126. The van der Waals surface area contributed by atoms with E-state index in [-0.39, 0.29) is 11.8 Å². The normalized spacial score (nSPS) is 24.1. The van der Waals surface area contributed by atoms with Crippen LogP contribution in [0.15, 0.2) is 0 Å². The van der Waals surface area contributed by atoms with Crippen LogP contribution in [0.2, 0.25) is 0 Å². The number of ether oxygens (including phenoxy) is 1. The second kappa shape index (κ2) is 7.10. The Bertz CT molecular complexity index is 259. The first-order valence-electron chi connectivity index (χ1n) is 7.35. The van der Waals surface area contributed by atoms with E-state index in [1.807, 2.05) is 0 Å². The average Bonchev–Trinajstić information content (AvgIpc) is 2.93. The van der Waals surface area contributed by atoms with Crippen LogP contribution in [0.3, 0.4) is 0 Å². The van der Waals surface area contributed by atoms with E-state index in [1.54, 1.807) is 0 Å². The summed E-state index contributed by atoms with van der Waals surface area (Å²) in [7, 11) is 0. The maximum absolute atomic E-state index is 12.0. The molecule has 2 aliphatic rings. The first-order chi connectivity index (χ1) is 8.77. The van der Waals surface area contributed by atoms with Crippen molar-refractivity contribution < 1.29 is 9.53 Å². The molecule has 1 heterocycles. The Hall–Kier alpha value is -0.610. The van der Waals surface area contributed by atoms with E-state index in [9.17, 15) is 4.79 Å². The van der Waals surface area contributed by atoms with Crippen LogP contribution in [-0.4, -0.2) is 50.2 Å². The molecular formula is C14H26N2O2. The Kier molecular flexibility index (Phi) is 5.45. The minimum absolute atomic E-state index is 0.192. The highest BCUT2D eigenvalue weighted by atomic mass is 16.5. The molecule has 1 atom stereocenters. The van der Waals surface area contributed by atoms with Crippen molar-refractivity contribution in [2.45, 2.75) is 32.6 Å². The molecule has 0 aromatic carbocycles. The van der Waals surface area contributed by atoms with Crippen LogP contribution in [0.4, 0.5) is 0 Å². The number of amides is 1. The van der Waals surface area contributed by atoms with Crippen molar-refractivity contribution in [2.75, 3.05) is 39.4 Å². The van der Waals surface area contributed by atoms with Gasteiger partial charge in [-0.2, -0.15) is 0 Å². The molecule has 0 spiro atoms. The highest BCUT2D eigenvalue weighted by Crippen LogP contribution is 2.31. The van der Waals surface area contributed by atoms with E-state index >= 15 is 0 Å². The fourth-order valence-corrected chi connectivity index (χ4v) is 2.99. The van der Waals surface area contributed by atoms with Gasteiger partial charge in [0.05, 0.1) is 13.2 Å². The summed E-state index contributed by atoms with van der Waals surface area (Å²) in [4.78, 5) is 14.4. The number of nitrogens with one attached hydrogen (secondary N) is 1. The Morgan fingerprint density at radius 1 is 1.33 bits per heavy atom. The largest absolute Gasteiger partial charge is 0.379 e. The van der Waals surface area contributed by atoms with Crippen LogP contribution in [-0.2, 0) is 9.53 Å². The first-order valence-corrected chi connectivity index (χ1v) is 7.35. The van der Waals surface area contributed by atoms with Crippen LogP contribution >= 0.6 is 0 Å². The van der Waals surface area contributed by atoms with Crippen LogP contribution < -0.4 is 5.32 Å². The van der Waals surface area contributed by atoms with Crippen molar-refractivity contribution in [3.63, 3.8) is 0 Å². The minimum atomic E-state index is 0.192. The number of hydrogen-bond acceptors (Lipinski definition) is 3. The molecule has 1 N–H and O–H groups in total. The van der Waals surface area contributed by atoms with Gasteiger partial charge < -0.3 is 10.1 Å². The molecule has 0 radical (unpaired) electrons. The quantitative estimate of drug-likeness (QED) is 0.803. The predicted molar refractivity (Wildman–Crippen MR) is 71.4 cm³/mol. The lowest BCUT2D eigenvalue weighted by Gasteiger charge is -2.27. The standard InChI is InChI=1S/C14H26N2O2/c1-12(13-4-2-3-5-13)14(17)15-6-7-16-8-10-18-11-9-16/h12-13H,2-11H2,1H3,(H,15,17). The average molecular weight is 254 g/mol. The van der Waals surface area contributed by atoms with Crippen molar-refractivity contribution in [3.05, 3.63) is 0 Å². The van der Waals surface area contributed by atoms with Crippen LogP contribution in [0.5, 0.6) is 0 Å². The van der Waals surface area contributed by atoms with Gasteiger partial charge in [-0.3, -0.25) is 9.69 Å². The summed E-state index contributed by atoms with van der Waals surface area (Å²) in [5.41, 5.74) is 0. The van der Waals surface area contributed by atoms with Gasteiger partial charge in [0, 0.05) is 32.1 Å². The maximum Gasteiger partial charge on any atom is 0.223 e. The fraction of sp³-hybridized carbons (Fsp3) is 0.929. The Balaban J connectivity index is 1.61. The van der Waals surface area contributed by atoms with Crippen molar-refractivity contribution in [3.8, 4) is 0 Å². The van der Waals surface area contributed by atoms with Gasteiger partial charge in [-0.1, -0.05) is 19.8 Å². The number of hydrogen-bond donors (Lipinski definition) is 1. The maximum atomic E-state index is 12.0. The van der Waals surface area contributed by atoms with Gasteiger partial charge in [0.1, 0.15) is 0 Å². The third-order valence-corrected chi connectivity index (χ3v) is 4.35. The van der Waals surface area contributed by atoms with Gasteiger partial charge >= 0.3 is 0 Å². The molecule has 0 aromatic rings. The SMILES string of the molecule is CC(C(=O)NCCN1CCOCC1)C1CCCC1. The van der Waals surface area contributed by atoms with Crippen molar-refractivity contribution in [2.24, 2.45) is 11.8 Å². The smallest absolute Gasteiger partial charge is 0.223 e. The van der Waals surface area contributed by atoms with Crippen LogP contribution in [0, 0.1) is 11.8 Å². The van der Waals surface area contributed by atoms with Crippen LogP contribution in [0.25, 0.3) is 0 Å². The molecule has 2 fully saturated rings. The summed E-state index contributed by atoms with van der Waals surface area (Å²) in [5.74, 6) is 1.06. The number of carbonyl (C=O) groups excluding carboxylic acids is 1. The molecule has 1 aliphatic heterocycles. The molecule has 18 heavy (non-hydrogen) atoms. The van der Waals surface area contributed by atoms with Gasteiger partial charge in [0.2, 0.25) is 5.91 Å². The van der Waals surface area contributed by atoms with E-state index in [0.29, 0.717) is 5.92 Å². The monoisotopic (exact) mass is 254 g/mol. The second-order valence-electron chi connectivity index (χ2n) is 5.58. The summed E-state index contributed by atoms with van der Waals surface area (Å²) >= 11 is 0. The molecule has 1 unspecified atom stereocenters. The van der Waals surface area contributed by atoms with Crippen molar-refractivity contribution >= 4 is 5.91 Å². The second-order valence-corrected chi connectivity index (χ2v) is 5.58. The number of carbonyl (C=O) groups is 1. The Morgan fingerprint density at radius 2 is 2.00 bits per heavy atom. The van der Waals surface area contributed by atoms with Gasteiger partial charge in [-0.15, -0.1) is 0 Å². The van der Waals surface area contributed by atoms with Gasteiger partial charge in [0.25, 0.3) is 0 Å². The molecule has 4 heteroatoms. The number of nitrogens with zero attached hydrogens (tertiary/aromatic N) is 1. The number of morpholine rings is 1. The van der Waals surface area contributed by atoms with E-state index in [0.717, 1.165) is 39.4 Å². The third-order valence-electron chi connectivity index (χ3n) is 4.35. The van der Waals surface area contributed by atoms with E-state index in [4.69, 9.17) is 4.74 Å². The highest BCUT2D eigenvalue weighted by Gasteiger charge is 2.26. The van der Waals surface area contributed by atoms with Gasteiger partial charge in [-0.25, -0.2) is 0 Å². The molecule has 0 aromatic heterocycles. The lowest BCUT2D eigenvalue weighted by atomic mass is 9.92. The highest BCUT2D eigenvalue weighted by molar-refractivity contribution is 5.78. The molecule has 1 saturated carbocycles. The summed E-state index contributed by atoms with van der Waals surface area (Å²) < 4.78 is 5.30. The van der Waals surface area contributed by atoms with E-state index in [1.165, 1.54) is 25.7 Å². The van der Waals surface area contributed by atoms with E-state index < -0.39 is 0 Å². The predicted octanol–water partition coefficient (Wildman–Crippen LogP) is 1.26. The Labute approximate surface area is 110 Å². The first kappa shape index (κ1) is 13.8. The summed E-state index contributed by atoms with van der Waals surface area (Å²) in [6.45, 7) is 7.45. The molecular weight excluding hydrogens is 228 g/mol. The molecule has 1 amide bonds. The van der Waals surface area contributed by atoms with Crippen molar-refractivity contribution in [1.82, 2.24) is 10.2 Å². The van der Waals surface area contributed by atoms with Gasteiger partial charge in [0.15, 0.2) is 0 Å². The zero-order chi connectivity index (χ0) is 12.8. The molecule has 1 saturated heterocycles. The topological polar surface area (TPSA) is 41.6 Å². The summed E-state index contributed by atoms with van der Waals surface area (Å²) in [6, 6.07) is 0. The molecule has 0 bridgehead atoms. The molecule has 2 rings (SSSR count). The third kappa shape index (κ3) is 3.95. The molecule has 4 nitrogen and oxygen atoms in total. The summed E-state index contributed by atoms with van der Waals surface area (Å²) in [6.07, 6.45) is 5.07. The number of rotatable bonds is 5. The zero-order valence-corrected chi connectivity index (χ0v) is 11.5. The Morgan fingerprint density at radius 3 is 2.67 bits per heavy atom. The zero-order valence-electron chi connectivity index (χ0n) is 11.5.